The summed E-state index contributed by atoms with van der Waals surface area (Å²) in [5.74, 6) is 0.791. The molecule has 0 amide bonds. The van der Waals surface area contributed by atoms with Crippen molar-refractivity contribution >= 4 is 31.9 Å². The van der Waals surface area contributed by atoms with Gasteiger partial charge in [-0.25, -0.2) is 0 Å². The van der Waals surface area contributed by atoms with Gasteiger partial charge in [-0.3, -0.25) is 0 Å². The van der Waals surface area contributed by atoms with Crippen molar-refractivity contribution in [1.82, 2.24) is 5.32 Å². The summed E-state index contributed by atoms with van der Waals surface area (Å²) in [5.41, 5.74) is 1.01. The van der Waals surface area contributed by atoms with E-state index >= 15 is 0 Å². The number of hydrogen-bond donors (Lipinski definition) is 2. The Balaban J connectivity index is 2.77. The van der Waals surface area contributed by atoms with Crippen molar-refractivity contribution in [3.63, 3.8) is 0 Å². The molecular formula is C12H17Br2NO3. The van der Waals surface area contributed by atoms with E-state index in [1.807, 2.05) is 12.1 Å². The first-order valence-electron chi connectivity index (χ1n) is 5.47. The second kappa shape index (κ2) is 8.12. The van der Waals surface area contributed by atoms with Crippen LogP contribution >= 0.6 is 31.9 Å². The van der Waals surface area contributed by atoms with E-state index in [9.17, 15) is 5.11 Å². The lowest BCUT2D eigenvalue weighted by molar-refractivity contribution is 0.128. The number of hydrogen-bond acceptors (Lipinski definition) is 4. The molecule has 1 rings (SSSR count). The van der Waals surface area contributed by atoms with E-state index in [4.69, 9.17) is 9.47 Å². The van der Waals surface area contributed by atoms with E-state index in [0.717, 1.165) is 20.3 Å². The van der Waals surface area contributed by atoms with Crippen LogP contribution in [0.15, 0.2) is 21.1 Å². The molecule has 0 radical (unpaired) electrons. The zero-order valence-electron chi connectivity index (χ0n) is 10.4. The standard InChI is InChI=1S/C12H17Br2NO3/c1-17-7-10(6-16)15-5-8-3-9(13)4-11(14)12(8)18-2/h3-4,10,15-16H,5-7H2,1-2H3. The topological polar surface area (TPSA) is 50.7 Å². The van der Waals surface area contributed by atoms with Gasteiger partial charge in [0.1, 0.15) is 5.75 Å². The van der Waals surface area contributed by atoms with Gasteiger partial charge in [0, 0.05) is 23.7 Å². The van der Waals surface area contributed by atoms with Crippen molar-refractivity contribution in [2.75, 3.05) is 27.4 Å². The fourth-order valence-electron chi connectivity index (χ4n) is 1.61. The predicted molar refractivity (Wildman–Crippen MR) is 78.0 cm³/mol. The molecule has 0 heterocycles. The van der Waals surface area contributed by atoms with Gasteiger partial charge < -0.3 is 19.9 Å². The smallest absolute Gasteiger partial charge is 0.137 e. The molecule has 102 valence electrons. The Bertz CT molecular complexity index is 388. The van der Waals surface area contributed by atoms with Crippen LogP contribution < -0.4 is 10.1 Å². The number of benzene rings is 1. The number of aliphatic hydroxyl groups is 1. The first kappa shape index (κ1) is 15.9. The van der Waals surface area contributed by atoms with Crippen molar-refractivity contribution in [2.24, 2.45) is 0 Å². The van der Waals surface area contributed by atoms with Crippen molar-refractivity contribution in [3.05, 3.63) is 26.6 Å². The number of halogens is 2. The molecule has 1 atom stereocenters. The Kier molecular flexibility index (Phi) is 7.18. The van der Waals surface area contributed by atoms with Crippen LogP contribution in [0.25, 0.3) is 0 Å². The molecule has 4 nitrogen and oxygen atoms in total. The van der Waals surface area contributed by atoms with Gasteiger partial charge in [0.25, 0.3) is 0 Å². The third-order valence-electron chi connectivity index (χ3n) is 2.46. The van der Waals surface area contributed by atoms with Gasteiger partial charge in [-0.2, -0.15) is 0 Å². The summed E-state index contributed by atoms with van der Waals surface area (Å²) in [5, 5.41) is 12.4. The fraction of sp³-hybridized carbons (Fsp3) is 0.500. The molecule has 0 fully saturated rings. The highest BCUT2D eigenvalue weighted by atomic mass is 79.9. The highest BCUT2D eigenvalue weighted by Crippen LogP contribution is 2.32. The maximum absolute atomic E-state index is 9.18. The minimum absolute atomic E-state index is 0.0331. The van der Waals surface area contributed by atoms with Gasteiger partial charge in [-0.15, -0.1) is 0 Å². The summed E-state index contributed by atoms with van der Waals surface area (Å²) in [6.45, 7) is 1.09. The molecule has 0 aliphatic heterocycles. The van der Waals surface area contributed by atoms with Crippen LogP contribution in [0.4, 0.5) is 0 Å². The third-order valence-corrected chi connectivity index (χ3v) is 3.51. The number of nitrogens with one attached hydrogen (secondary N) is 1. The van der Waals surface area contributed by atoms with Crippen LogP contribution in [0, 0.1) is 0 Å². The summed E-state index contributed by atoms with van der Waals surface area (Å²) in [7, 11) is 3.25. The Labute approximate surface area is 124 Å². The quantitative estimate of drug-likeness (QED) is 0.759. The molecule has 0 saturated heterocycles. The predicted octanol–water partition coefficient (Wildman–Crippen LogP) is 2.32. The molecule has 6 heteroatoms. The van der Waals surface area contributed by atoms with E-state index in [1.54, 1.807) is 14.2 Å². The van der Waals surface area contributed by atoms with Gasteiger partial charge in [0.15, 0.2) is 0 Å². The van der Waals surface area contributed by atoms with E-state index in [1.165, 1.54) is 0 Å². The molecule has 0 spiro atoms. The van der Waals surface area contributed by atoms with Crippen LogP contribution in [0.1, 0.15) is 5.56 Å². The van der Waals surface area contributed by atoms with Crippen LogP contribution in [0.3, 0.4) is 0 Å². The number of methoxy groups -OCH3 is 2. The molecule has 1 unspecified atom stereocenters. The van der Waals surface area contributed by atoms with Crippen molar-refractivity contribution in [1.29, 1.82) is 0 Å². The summed E-state index contributed by atoms with van der Waals surface area (Å²) in [6, 6.07) is 3.83. The van der Waals surface area contributed by atoms with Gasteiger partial charge in [0.2, 0.25) is 0 Å². The molecule has 1 aromatic carbocycles. The fourth-order valence-corrected chi connectivity index (χ4v) is 3.08. The molecule has 2 N–H and O–H groups in total. The van der Waals surface area contributed by atoms with Crippen LogP contribution in [-0.2, 0) is 11.3 Å². The highest BCUT2D eigenvalue weighted by molar-refractivity contribution is 9.11. The summed E-state index contributed by atoms with van der Waals surface area (Å²) in [6.07, 6.45) is 0. The van der Waals surface area contributed by atoms with Crippen LogP contribution in [0.5, 0.6) is 5.75 Å². The molecule has 0 aliphatic rings. The first-order chi connectivity index (χ1) is 8.62. The summed E-state index contributed by atoms with van der Waals surface area (Å²) < 4.78 is 12.2. The lowest BCUT2D eigenvalue weighted by Crippen LogP contribution is -2.36. The monoisotopic (exact) mass is 381 g/mol. The third kappa shape index (κ3) is 4.51. The Hall–Kier alpha value is -0.140. The molecule has 0 aromatic heterocycles. The van der Waals surface area contributed by atoms with E-state index in [0.29, 0.717) is 13.2 Å². The van der Waals surface area contributed by atoms with Crippen molar-refractivity contribution < 1.29 is 14.6 Å². The molecule has 1 aromatic rings. The zero-order valence-corrected chi connectivity index (χ0v) is 13.5. The van der Waals surface area contributed by atoms with Crippen LogP contribution in [-0.4, -0.2) is 38.6 Å². The molecule has 0 aliphatic carbocycles. The molecular weight excluding hydrogens is 366 g/mol. The maximum Gasteiger partial charge on any atom is 0.137 e. The Morgan fingerprint density at radius 1 is 1.33 bits per heavy atom. The minimum atomic E-state index is -0.0857. The first-order valence-corrected chi connectivity index (χ1v) is 7.06. The summed E-state index contributed by atoms with van der Waals surface area (Å²) in [4.78, 5) is 0. The lowest BCUT2D eigenvalue weighted by Gasteiger charge is -2.17. The number of aliphatic hydroxyl groups excluding tert-OH is 1. The average molecular weight is 383 g/mol. The molecule has 0 bridgehead atoms. The minimum Gasteiger partial charge on any atom is -0.495 e. The number of rotatable bonds is 7. The van der Waals surface area contributed by atoms with Gasteiger partial charge >= 0.3 is 0 Å². The van der Waals surface area contributed by atoms with Crippen molar-refractivity contribution in [3.8, 4) is 5.75 Å². The van der Waals surface area contributed by atoms with E-state index in [2.05, 4.69) is 37.2 Å². The largest absolute Gasteiger partial charge is 0.495 e. The van der Waals surface area contributed by atoms with Gasteiger partial charge in [-0.1, -0.05) is 15.9 Å². The second-order valence-electron chi connectivity index (χ2n) is 3.80. The van der Waals surface area contributed by atoms with Gasteiger partial charge in [-0.05, 0) is 28.1 Å². The summed E-state index contributed by atoms with van der Waals surface area (Å²) >= 11 is 6.90. The Morgan fingerprint density at radius 3 is 2.61 bits per heavy atom. The normalized spacial score (nSPS) is 12.5. The average Bonchev–Trinajstić information content (AvgIpc) is 2.33. The van der Waals surface area contributed by atoms with Gasteiger partial charge in [0.05, 0.1) is 30.8 Å². The Morgan fingerprint density at radius 2 is 2.06 bits per heavy atom. The van der Waals surface area contributed by atoms with E-state index in [-0.39, 0.29) is 12.6 Å². The van der Waals surface area contributed by atoms with Crippen molar-refractivity contribution in [2.45, 2.75) is 12.6 Å². The van der Waals surface area contributed by atoms with E-state index < -0.39 is 0 Å². The SMILES string of the molecule is COCC(CO)NCc1cc(Br)cc(Br)c1OC. The molecule has 0 saturated carbocycles. The zero-order chi connectivity index (χ0) is 13.5. The molecule has 18 heavy (non-hydrogen) atoms. The highest BCUT2D eigenvalue weighted by Gasteiger charge is 2.12. The lowest BCUT2D eigenvalue weighted by atomic mass is 10.2. The number of ether oxygens (including phenoxy) is 2. The maximum atomic E-state index is 9.18. The van der Waals surface area contributed by atoms with Crippen LogP contribution in [0.2, 0.25) is 0 Å². The second-order valence-corrected chi connectivity index (χ2v) is 5.57.